The van der Waals surface area contributed by atoms with Gasteiger partial charge in [-0.3, -0.25) is 14.9 Å². The number of nitrogens with one attached hydrogen (secondary N) is 1. The molecule has 0 atom stereocenters. The number of carbonyl (C=O) groups is 1. The maximum Gasteiger partial charge on any atom is 0.281 e. The number of hydrogen-bond acceptors (Lipinski definition) is 6. The molecule has 26 heavy (non-hydrogen) atoms. The summed E-state index contributed by atoms with van der Waals surface area (Å²) in [6.07, 6.45) is 0.742. The standard InChI is InChI=1S/C15H22N4O6S/c1-17(2)26(23,24)18-8-6-11(7-9-18)15(20)16-13-10-12(19(21)22)4-5-14(13)25-3/h4-5,10-11H,6-9H2,1-3H3,(H,16,20). The van der Waals surface area contributed by atoms with Crippen molar-refractivity contribution in [1.29, 1.82) is 0 Å². The number of carbonyl (C=O) groups excluding carboxylic acids is 1. The molecule has 1 fully saturated rings. The summed E-state index contributed by atoms with van der Waals surface area (Å²) < 4.78 is 31.8. The van der Waals surface area contributed by atoms with Crippen molar-refractivity contribution >= 4 is 27.5 Å². The number of methoxy groups -OCH3 is 1. The molecule has 1 aromatic rings. The van der Waals surface area contributed by atoms with Gasteiger partial charge >= 0.3 is 0 Å². The minimum atomic E-state index is -3.49. The Kier molecular flexibility index (Phi) is 6.16. The van der Waals surface area contributed by atoms with E-state index in [2.05, 4.69) is 5.32 Å². The number of piperidine rings is 1. The molecule has 0 unspecified atom stereocenters. The van der Waals surface area contributed by atoms with Gasteiger partial charge in [-0.1, -0.05) is 0 Å². The Morgan fingerprint density at radius 3 is 2.46 bits per heavy atom. The summed E-state index contributed by atoms with van der Waals surface area (Å²) in [5.74, 6) is -0.380. The average Bonchev–Trinajstić information content (AvgIpc) is 2.61. The lowest BCUT2D eigenvalue weighted by Crippen LogP contribution is -2.46. The second-order valence-electron chi connectivity index (χ2n) is 6.09. The zero-order valence-corrected chi connectivity index (χ0v) is 15.7. The fourth-order valence-electron chi connectivity index (χ4n) is 2.72. The summed E-state index contributed by atoms with van der Waals surface area (Å²) in [7, 11) is 0.832. The van der Waals surface area contributed by atoms with Crippen LogP contribution >= 0.6 is 0 Å². The third kappa shape index (κ3) is 4.29. The topological polar surface area (TPSA) is 122 Å². The number of nitro groups is 1. The Morgan fingerprint density at radius 1 is 1.35 bits per heavy atom. The molecule has 0 radical (unpaired) electrons. The summed E-state index contributed by atoms with van der Waals surface area (Å²) in [5, 5.41) is 13.6. The lowest BCUT2D eigenvalue weighted by molar-refractivity contribution is -0.384. The van der Waals surface area contributed by atoms with E-state index >= 15 is 0 Å². The van der Waals surface area contributed by atoms with Gasteiger partial charge in [-0.25, -0.2) is 0 Å². The number of anilines is 1. The Balaban J connectivity index is 2.06. The quantitative estimate of drug-likeness (QED) is 0.576. The van der Waals surface area contributed by atoms with Gasteiger partial charge in [0.05, 0.1) is 17.7 Å². The molecule has 144 valence electrons. The lowest BCUT2D eigenvalue weighted by atomic mass is 9.97. The van der Waals surface area contributed by atoms with Gasteiger partial charge in [-0.05, 0) is 18.9 Å². The summed E-state index contributed by atoms with van der Waals surface area (Å²) in [6.45, 7) is 0.481. The van der Waals surface area contributed by atoms with E-state index in [0.717, 1.165) is 4.31 Å². The molecule has 1 aromatic carbocycles. The first kappa shape index (κ1) is 20.1. The molecule has 0 spiro atoms. The van der Waals surface area contributed by atoms with Crippen LogP contribution in [0.25, 0.3) is 0 Å². The fraction of sp³-hybridized carbons (Fsp3) is 0.533. The van der Waals surface area contributed by atoms with Crippen LogP contribution in [0.1, 0.15) is 12.8 Å². The van der Waals surface area contributed by atoms with Gasteiger partial charge in [0.1, 0.15) is 5.75 Å². The number of rotatable bonds is 6. The largest absolute Gasteiger partial charge is 0.495 e. The van der Waals surface area contributed by atoms with Crippen molar-refractivity contribution in [3.63, 3.8) is 0 Å². The number of ether oxygens (including phenoxy) is 1. The van der Waals surface area contributed by atoms with Crippen LogP contribution in [-0.2, 0) is 15.0 Å². The number of amides is 1. The minimum Gasteiger partial charge on any atom is -0.495 e. The minimum absolute atomic E-state index is 0.159. The van der Waals surface area contributed by atoms with Crippen molar-refractivity contribution in [3.05, 3.63) is 28.3 Å². The van der Waals surface area contributed by atoms with Gasteiger partial charge in [0.15, 0.2) is 0 Å². The van der Waals surface area contributed by atoms with E-state index in [1.165, 1.54) is 43.7 Å². The zero-order chi connectivity index (χ0) is 19.5. The molecule has 1 heterocycles. The van der Waals surface area contributed by atoms with E-state index < -0.39 is 15.1 Å². The predicted octanol–water partition coefficient (Wildman–Crippen LogP) is 1.06. The summed E-state index contributed by atoms with van der Waals surface area (Å²) >= 11 is 0. The molecule has 1 aliphatic heterocycles. The molecule has 0 aliphatic carbocycles. The van der Waals surface area contributed by atoms with Crippen LogP contribution in [0, 0.1) is 16.0 Å². The van der Waals surface area contributed by atoms with Crippen molar-refractivity contribution in [3.8, 4) is 5.75 Å². The highest BCUT2D eigenvalue weighted by Crippen LogP contribution is 2.30. The normalized spacial score (nSPS) is 16.5. The van der Waals surface area contributed by atoms with Crippen molar-refractivity contribution < 1.29 is 22.9 Å². The molecule has 1 saturated heterocycles. The van der Waals surface area contributed by atoms with Gasteiger partial charge in [0, 0.05) is 45.2 Å². The van der Waals surface area contributed by atoms with Crippen LogP contribution < -0.4 is 10.1 Å². The summed E-state index contributed by atoms with van der Waals surface area (Å²) in [6, 6.07) is 3.95. The van der Waals surface area contributed by atoms with Crippen molar-refractivity contribution in [2.24, 2.45) is 5.92 Å². The Hall–Kier alpha value is -2.24. The monoisotopic (exact) mass is 386 g/mol. The average molecular weight is 386 g/mol. The number of nitrogens with zero attached hydrogens (tertiary/aromatic N) is 3. The van der Waals surface area contributed by atoms with Crippen LogP contribution in [-0.4, -0.2) is 62.2 Å². The van der Waals surface area contributed by atoms with Gasteiger partial charge < -0.3 is 10.1 Å². The van der Waals surface area contributed by atoms with Gasteiger partial charge in [0.2, 0.25) is 5.91 Å². The SMILES string of the molecule is COc1ccc([N+](=O)[O-])cc1NC(=O)C1CCN(S(=O)(=O)N(C)C)CC1. The summed E-state index contributed by atoms with van der Waals surface area (Å²) in [5.41, 5.74) is 0.0584. The van der Waals surface area contributed by atoms with Gasteiger partial charge in [0.25, 0.3) is 15.9 Å². The molecule has 10 nitrogen and oxygen atoms in total. The highest BCUT2D eigenvalue weighted by Gasteiger charge is 2.32. The molecule has 0 aromatic heterocycles. The Bertz CT molecular complexity index is 787. The third-order valence-electron chi connectivity index (χ3n) is 4.26. The molecule has 0 saturated carbocycles. The van der Waals surface area contributed by atoms with Gasteiger partial charge in [-0.2, -0.15) is 17.0 Å². The number of non-ortho nitro benzene ring substituents is 1. The molecular weight excluding hydrogens is 364 g/mol. The first-order valence-corrected chi connectivity index (χ1v) is 9.37. The van der Waals surface area contributed by atoms with Crippen LogP contribution in [0.2, 0.25) is 0 Å². The molecule has 11 heteroatoms. The molecule has 1 amide bonds. The number of nitro benzene ring substituents is 1. The van der Waals surface area contributed by atoms with Crippen molar-refractivity contribution in [2.45, 2.75) is 12.8 Å². The highest BCUT2D eigenvalue weighted by atomic mass is 32.2. The second-order valence-corrected chi connectivity index (χ2v) is 8.24. The van der Waals surface area contributed by atoms with E-state index in [-0.39, 0.29) is 36.3 Å². The first-order chi connectivity index (χ1) is 12.2. The van der Waals surface area contributed by atoms with E-state index in [9.17, 15) is 23.3 Å². The molecule has 2 rings (SSSR count). The first-order valence-electron chi connectivity index (χ1n) is 7.97. The molecule has 1 aliphatic rings. The smallest absolute Gasteiger partial charge is 0.281 e. The van der Waals surface area contributed by atoms with Gasteiger partial charge in [-0.15, -0.1) is 0 Å². The maximum absolute atomic E-state index is 12.5. The van der Waals surface area contributed by atoms with Crippen LogP contribution in [0.3, 0.4) is 0 Å². The van der Waals surface area contributed by atoms with Crippen molar-refractivity contribution in [1.82, 2.24) is 8.61 Å². The van der Waals surface area contributed by atoms with Crippen molar-refractivity contribution in [2.75, 3.05) is 39.6 Å². The molecular formula is C15H22N4O6S. The Labute approximate surface area is 152 Å². The predicted molar refractivity (Wildman–Crippen MR) is 95.2 cm³/mol. The number of benzene rings is 1. The lowest BCUT2D eigenvalue weighted by Gasteiger charge is -2.32. The Morgan fingerprint density at radius 2 is 1.96 bits per heavy atom. The second kappa shape index (κ2) is 7.98. The maximum atomic E-state index is 12.5. The molecule has 1 N–H and O–H groups in total. The van der Waals surface area contributed by atoms with E-state index in [0.29, 0.717) is 18.6 Å². The van der Waals surface area contributed by atoms with Crippen LogP contribution in [0.15, 0.2) is 18.2 Å². The third-order valence-corrected chi connectivity index (χ3v) is 6.20. The van der Waals surface area contributed by atoms with E-state index in [4.69, 9.17) is 4.74 Å². The molecule has 0 bridgehead atoms. The van der Waals surface area contributed by atoms with Crippen LogP contribution in [0.5, 0.6) is 5.75 Å². The van der Waals surface area contributed by atoms with E-state index in [1.54, 1.807) is 0 Å². The highest BCUT2D eigenvalue weighted by molar-refractivity contribution is 7.86. The van der Waals surface area contributed by atoms with E-state index in [1.807, 2.05) is 0 Å². The zero-order valence-electron chi connectivity index (χ0n) is 14.8. The fourth-order valence-corrected chi connectivity index (χ4v) is 3.86. The summed E-state index contributed by atoms with van der Waals surface area (Å²) in [4.78, 5) is 22.8. The van der Waals surface area contributed by atoms with Crippen LogP contribution in [0.4, 0.5) is 11.4 Å². The number of hydrogen-bond donors (Lipinski definition) is 1.